The van der Waals surface area contributed by atoms with Gasteiger partial charge in [-0.1, -0.05) is 62.7 Å². The third kappa shape index (κ3) is 7.43. The molecular weight excluding hydrogens is 329 g/mol. The second-order valence-electron chi connectivity index (χ2n) is 6.35. The zero-order valence-electron chi connectivity index (χ0n) is 14.7. The molecule has 4 heteroatoms. The number of aliphatic hydroxyl groups excluding tert-OH is 1. The number of rotatable bonds is 11. The Balaban J connectivity index is 2.70. The van der Waals surface area contributed by atoms with E-state index in [2.05, 4.69) is 18.7 Å². The zero-order chi connectivity index (χ0) is 17.2. The maximum atomic E-state index is 10.7. The molecule has 132 valence electrons. The molecule has 0 bridgehead atoms. The van der Waals surface area contributed by atoms with Crippen molar-refractivity contribution in [1.82, 2.24) is 4.90 Å². The first kappa shape index (κ1) is 20.8. The van der Waals surface area contributed by atoms with Crippen molar-refractivity contribution < 1.29 is 5.11 Å². The van der Waals surface area contributed by atoms with E-state index in [0.29, 0.717) is 16.6 Å². The molecule has 0 radical (unpaired) electrons. The van der Waals surface area contributed by atoms with Crippen molar-refractivity contribution in [1.29, 1.82) is 0 Å². The van der Waals surface area contributed by atoms with Crippen LogP contribution in [-0.4, -0.2) is 29.6 Å². The SMILES string of the molecule is CCCCCN(CCCCC)C[C@@H](O)c1cc(Cl)c(Cl)cc1C. The lowest BCUT2D eigenvalue weighted by atomic mass is 10.0. The Kier molecular flexibility index (Phi) is 10.2. The van der Waals surface area contributed by atoms with Gasteiger partial charge in [0.05, 0.1) is 16.1 Å². The van der Waals surface area contributed by atoms with E-state index in [9.17, 15) is 5.11 Å². The molecule has 0 aliphatic rings. The minimum absolute atomic E-state index is 0.509. The number of aliphatic hydroxyl groups is 1. The molecule has 0 heterocycles. The summed E-state index contributed by atoms with van der Waals surface area (Å²) in [6.07, 6.45) is 6.78. The lowest BCUT2D eigenvalue weighted by Crippen LogP contribution is -2.31. The highest BCUT2D eigenvalue weighted by atomic mass is 35.5. The molecule has 2 nitrogen and oxygen atoms in total. The Morgan fingerprint density at radius 1 is 0.957 bits per heavy atom. The maximum absolute atomic E-state index is 10.7. The van der Waals surface area contributed by atoms with Gasteiger partial charge in [-0.2, -0.15) is 0 Å². The van der Waals surface area contributed by atoms with Gasteiger partial charge in [0.15, 0.2) is 0 Å². The molecule has 1 rings (SSSR count). The molecule has 0 saturated heterocycles. The summed E-state index contributed by atoms with van der Waals surface area (Å²) < 4.78 is 0. The van der Waals surface area contributed by atoms with E-state index >= 15 is 0 Å². The number of aryl methyl sites for hydroxylation is 1. The van der Waals surface area contributed by atoms with Crippen LogP contribution in [0.5, 0.6) is 0 Å². The van der Waals surface area contributed by atoms with Gasteiger partial charge in [-0.15, -0.1) is 0 Å². The standard InChI is InChI=1S/C19H31Cl2NO/c1-4-6-8-10-22(11-9-7-5-2)14-19(23)16-13-18(21)17(20)12-15(16)3/h12-13,19,23H,4-11,14H2,1-3H3/t19-/m1/s1. The van der Waals surface area contributed by atoms with Gasteiger partial charge in [0.1, 0.15) is 0 Å². The molecule has 0 aliphatic heterocycles. The molecular formula is C19H31Cl2NO. The fourth-order valence-electron chi connectivity index (χ4n) is 2.83. The van der Waals surface area contributed by atoms with Crippen molar-refractivity contribution in [2.24, 2.45) is 0 Å². The predicted molar refractivity (Wildman–Crippen MR) is 102 cm³/mol. The first-order valence-electron chi connectivity index (χ1n) is 8.85. The summed E-state index contributed by atoms with van der Waals surface area (Å²) in [6.45, 7) is 9.17. The van der Waals surface area contributed by atoms with E-state index in [0.717, 1.165) is 24.2 Å². The number of unbranched alkanes of at least 4 members (excludes halogenated alkanes) is 4. The Morgan fingerprint density at radius 3 is 2.00 bits per heavy atom. The first-order valence-corrected chi connectivity index (χ1v) is 9.61. The minimum atomic E-state index is -0.520. The highest BCUT2D eigenvalue weighted by Crippen LogP contribution is 2.29. The lowest BCUT2D eigenvalue weighted by Gasteiger charge is -2.26. The van der Waals surface area contributed by atoms with Crippen LogP contribution in [0.1, 0.15) is 69.6 Å². The van der Waals surface area contributed by atoms with Crippen LogP contribution in [0.4, 0.5) is 0 Å². The van der Waals surface area contributed by atoms with Gasteiger partial charge in [-0.3, -0.25) is 0 Å². The highest BCUT2D eigenvalue weighted by molar-refractivity contribution is 6.42. The van der Waals surface area contributed by atoms with Crippen LogP contribution >= 0.6 is 23.2 Å². The normalized spacial score (nSPS) is 12.8. The number of nitrogens with zero attached hydrogens (tertiary/aromatic N) is 1. The molecule has 1 aromatic rings. The van der Waals surface area contributed by atoms with E-state index < -0.39 is 6.10 Å². The molecule has 0 saturated carbocycles. The first-order chi connectivity index (χ1) is 11.0. The van der Waals surface area contributed by atoms with Gasteiger partial charge in [-0.25, -0.2) is 0 Å². The van der Waals surface area contributed by atoms with Gasteiger partial charge in [-0.05, 0) is 56.1 Å². The summed E-state index contributed by atoms with van der Waals surface area (Å²) in [4.78, 5) is 2.39. The van der Waals surface area contributed by atoms with Crippen LogP contribution in [-0.2, 0) is 0 Å². The summed E-state index contributed by atoms with van der Waals surface area (Å²) in [7, 11) is 0. The number of hydrogen-bond donors (Lipinski definition) is 1. The molecule has 1 N–H and O–H groups in total. The Labute approximate surface area is 151 Å². The molecule has 0 aromatic heterocycles. The van der Waals surface area contributed by atoms with Gasteiger partial charge >= 0.3 is 0 Å². The number of halogens is 2. The van der Waals surface area contributed by atoms with E-state index in [1.54, 1.807) is 6.07 Å². The molecule has 0 fully saturated rings. The summed E-state index contributed by atoms with van der Waals surface area (Å²) in [5.74, 6) is 0. The molecule has 0 amide bonds. The van der Waals surface area contributed by atoms with Crippen molar-refractivity contribution >= 4 is 23.2 Å². The lowest BCUT2D eigenvalue weighted by molar-refractivity contribution is 0.110. The van der Waals surface area contributed by atoms with Gasteiger partial charge in [0.2, 0.25) is 0 Å². The number of benzene rings is 1. The topological polar surface area (TPSA) is 23.5 Å². The van der Waals surface area contributed by atoms with Gasteiger partial charge < -0.3 is 10.0 Å². The maximum Gasteiger partial charge on any atom is 0.0920 e. The van der Waals surface area contributed by atoms with E-state index in [1.165, 1.54) is 38.5 Å². The van der Waals surface area contributed by atoms with Crippen molar-refractivity contribution in [3.8, 4) is 0 Å². The summed E-state index contributed by atoms with van der Waals surface area (Å²) in [6, 6.07) is 3.64. The summed E-state index contributed by atoms with van der Waals surface area (Å²) >= 11 is 12.2. The zero-order valence-corrected chi connectivity index (χ0v) is 16.3. The van der Waals surface area contributed by atoms with Crippen molar-refractivity contribution in [2.45, 2.75) is 65.4 Å². The molecule has 1 atom stereocenters. The smallest absolute Gasteiger partial charge is 0.0920 e. The molecule has 0 unspecified atom stereocenters. The number of hydrogen-bond acceptors (Lipinski definition) is 2. The second kappa shape index (κ2) is 11.3. The second-order valence-corrected chi connectivity index (χ2v) is 7.17. The Bertz CT molecular complexity index is 455. The van der Waals surface area contributed by atoms with Crippen LogP contribution in [0.3, 0.4) is 0 Å². The fraction of sp³-hybridized carbons (Fsp3) is 0.684. The molecule has 0 aliphatic carbocycles. The third-order valence-corrected chi connectivity index (χ3v) is 4.98. The van der Waals surface area contributed by atoms with Crippen LogP contribution in [0.15, 0.2) is 12.1 Å². The van der Waals surface area contributed by atoms with Crippen molar-refractivity contribution in [3.05, 3.63) is 33.3 Å². The Morgan fingerprint density at radius 2 is 1.48 bits per heavy atom. The Hall–Kier alpha value is -0.280. The monoisotopic (exact) mass is 359 g/mol. The van der Waals surface area contributed by atoms with E-state index in [4.69, 9.17) is 23.2 Å². The summed E-state index contributed by atoms with van der Waals surface area (Å²) in [5, 5.41) is 11.7. The van der Waals surface area contributed by atoms with Gasteiger partial charge in [0.25, 0.3) is 0 Å². The van der Waals surface area contributed by atoms with Crippen molar-refractivity contribution in [3.63, 3.8) is 0 Å². The van der Waals surface area contributed by atoms with E-state index in [1.807, 2.05) is 13.0 Å². The van der Waals surface area contributed by atoms with Crippen LogP contribution in [0.2, 0.25) is 10.0 Å². The third-order valence-electron chi connectivity index (χ3n) is 4.25. The highest BCUT2D eigenvalue weighted by Gasteiger charge is 2.16. The molecule has 23 heavy (non-hydrogen) atoms. The quantitative estimate of drug-likeness (QED) is 0.488. The largest absolute Gasteiger partial charge is 0.387 e. The van der Waals surface area contributed by atoms with Crippen LogP contribution < -0.4 is 0 Å². The van der Waals surface area contributed by atoms with E-state index in [-0.39, 0.29) is 0 Å². The molecule has 0 spiro atoms. The molecule has 1 aromatic carbocycles. The minimum Gasteiger partial charge on any atom is -0.387 e. The average Bonchev–Trinajstić information content (AvgIpc) is 2.51. The van der Waals surface area contributed by atoms with Crippen molar-refractivity contribution in [2.75, 3.05) is 19.6 Å². The predicted octanol–water partition coefficient (Wildman–Crippen LogP) is 6.02. The van der Waals surface area contributed by atoms with Gasteiger partial charge in [0, 0.05) is 6.54 Å². The average molecular weight is 360 g/mol. The summed E-state index contributed by atoms with van der Waals surface area (Å²) in [5.41, 5.74) is 1.88. The van der Waals surface area contributed by atoms with Crippen LogP contribution in [0.25, 0.3) is 0 Å². The van der Waals surface area contributed by atoms with Crippen LogP contribution in [0, 0.1) is 6.92 Å². The fourth-order valence-corrected chi connectivity index (χ4v) is 3.22.